The van der Waals surface area contributed by atoms with Crippen LogP contribution in [0.15, 0.2) is 18.2 Å². The number of benzene rings is 1. The molecule has 1 atom stereocenters. The summed E-state index contributed by atoms with van der Waals surface area (Å²) in [6, 6.07) is 5.63. The van der Waals surface area contributed by atoms with E-state index in [0.717, 1.165) is 18.4 Å². The minimum Gasteiger partial charge on any atom is -0.339 e. The van der Waals surface area contributed by atoms with Crippen molar-refractivity contribution in [3.63, 3.8) is 0 Å². The van der Waals surface area contributed by atoms with Gasteiger partial charge in [0.05, 0.1) is 11.9 Å². The van der Waals surface area contributed by atoms with Gasteiger partial charge in [0.2, 0.25) is 10.0 Å². The van der Waals surface area contributed by atoms with E-state index in [-0.39, 0.29) is 11.9 Å². The fourth-order valence-electron chi connectivity index (χ4n) is 3.90. The van der Waals surface area contributed by atoms with E-state index in [9.17, 15) is 13.2 Å². The number of hydrogen-bond acceptors (Lipinski definition) is 3. The van der Waals surface area contributed by atoms with Crippen molar-refractivity contribution in [1.29, 1.82) is 0 Å². The highest BCUT2D eigenvalue weighted by Gasteiger charge is 2.33. The predicted octanol–water partition coefficient (Wildman–Crippen LogP) is 2.41. The fourth-order valence-corrected chi connectivity index (χ4v) is 5.17. The Morgan fingerprint density at radius 2 is 1.91 bits per heavy atom. The largest absolute Gasteiger partial charge is 0.339 e. The first-order valence-corrected chi connectivity index (χ1v) is 10.0. The molecule has 6 heteroatoms. The average Bonchev–Trinajstić information content (AvgIpc) is 3.10. The summed E-state index contributed by atoms with van der Waals surface area (Å²) in [6.07, 6.45) is 6.40. The zero-order valence-corrected chi connectivity index (χ0v) is 14.8. The number of rotatable bonds is 3. The van der Waals surface area contributed by atoms with Crippen LogP contribution in [0.2, 0.25) is 0 Å². The molecule has 2 aliphatic rings. The van der Waals surface area contributed by atoms with Gasteiger partial charge in [-0.15, -0.1) is 0 Å². The van der Waals surface area contributed by atoms with Crippen molar-refractivity contribution in [2.24, 2.45) is 0 Å². The maximum Gasteiger partial charge on any atom is 0.253 e. The van der Waals surface area contributed by atoms with Crippen LogP contribution in [0, 0.1) is 0 Å². The molecule has 1 aliphatic carbocycles. The first-order chi connectivity index (χ1) is 10.8. The highest BCUT2D eigenvalue weighted by atomic mass is 32.2. The molecule has 0 spiro atoms. The first kappa shape index (κ1) is 16.3. The minimum absolute atomic E-state index is 0.0326. The summed E-state index contributed by atoms with van der Waals surface area (Å²) < 4.78 is 25.4. The molecule has 0 aromatic heterocycles. The van der Waals surface area contributed by atoms with Crippen LogP contribution in [-0.4, -0.2) is 44.6 Å². The molecule has 0 N–H and O–H groups in total. The van der Waals surface area contributed by atoms with Crippen LogP contribution in [0.3, 0.4) is 0 Å². The lowest BCUT2D eigenvalue weighted by Gasteiger charge is -2.25. The number of amides is 1. The van der Waals surface area contributed by atoms with Crippen LogP contribution < -0.4 is 4.31 Å². The van der Waals surface area contributed by atoms with Crippen molar-refractivity contribution in [2.75, 3.05) is 17.6 Å². The van der Waals surface area contributed by atoms with Crippen molar-refractivity contribution in [3.8, 4) is 0 Å². The van der Waals surface area contributed by atoms with E-state index in [1.807, 2.05) is 24.9 Å². The van der Waals surface area contributed by atoms with E-state index in [1.54, 1.807) is 12.1 Å². The van der Waals surface area contributed by atoms with Crippen molar-refractivity contribution < 1.29 is 13.2 Å². The third kappa shape index (κ3) is 2.96. The Morgan fingerprint density at radius 3 is 2.52 bits per heavy atom. The monoisotopic (exact) mass is 336 g/mol. The molecular weight excluding hydrogens is 312 g/mol. The van der Waals surface area contributed by atoms with Gasteiger partial charge in [0, 0.05) is 24.7 Å². The Kier molecular flexibility index (Phi) is 4.12. The van der Waals surface area contributed by atoms with Gasteiger partial charge >= 0.3 is 0 Å². The quantitative estimate of drug-likeness (QED) is 0.852. The lowest BCUT2D eigenvalue weighted by Crippen LogP contribution is -2.35. The Balaban J connectivity index is 1.87. The molecule has 1 aliphatic heterocycles. The van der Waals surface area contributed by atoms with Crippen LogP contribution in [-0.2, 0) is 16.4 Å². The molecule has 1 aromatic rings. The number of fused-ring (bicyclic) bond motifs is 1. The van der Waals surface area contributed by atoms with Crippen LogP contribution in [0.1, 0.15) is 48.5 Å². The van der Waals surface area contributed by atoms with E-state index in [0.29, 0.717) is 23.7 Å². The average molecular weight is 336 g/mol. The molecule has 1 aromatic carbocycles. The maximum absolute atomic E-state index is 12.7. The van der Waals surface area contributed by atoms with Gasteiger partial charge in [0.1, 0.15) is 0 Å². The topological polar surface area (TPSA) is 57.7 Å². The Labute approximate surface area is 138 Å². The van der Waals surface area contributed by atoms with E-state index in [2.05, 4.69) is 0 Å². The highest BCUT2D eigenvalue weighted by Crippen LogP contribution is 2.35. The first-order valence-electron chi connectivity index (χ1n) is 8.18. The van der Waals surface area contributed by atoms with E-state index < -0.39 is 10.0 Å². The number of sulfonamides is 1. The van der Waals surface area contributed by atoms with Gasteiger partial charge in [-0.1, -0.05) is 12.8 Å². The normalized spacial score (nSPS) is 21.5. The van der Waals surface area contributed by atoms with Gasteiger partial charge in [0.25, 0.3) is 5.91 Å². The Bertz CT molecular complexity index is 723. The summed E-state index contributed by atoms with van der Waals surface area (Å²) in [6.45, 7) is 1.90. The number of carbonyl (C=O) groups excluding carboxylic acids is 1. The van der Waals surface area contributed by atoms with Crippen molar-refractivity contribution in [1.82, 2.24) is 4.90 Å². The molecule has 1 saturated carbocycles. The number of anilines is 1. The molecule has 23 heavy (non-hydrogen) atoms. The summed E-state index contributed by atoms with van der Waals surface area (Å²) in [5.41, 5.74) is 2.30. The second-order valence-electron chi connectivity index (χ2n) is 6.81. The molecular formula is C17H24N2O3S. The van der Waals surface area contributed by atoms with Crippen LogP contribution >= 0.6 is 0 Å². The van der Waals surface area contributed by atoms with Crippen LogP contribution in [0.25, 0.3) is 0 Å². The molecule has 0 radical (unpaired) electrons. The van der Waals surface area contributed by atoms with Crippen molar-refractivity contribution in [2.45, 2.75) is 51.1 Å². The summed E-state index contributed by atoms with van der Waals surface area (Å²) in [5.74, 6) is 0.0326. The Hall–Kier alpha value is -1.56. The fraction of sp³-hybridized carbons (Fsp3) is 0.588. The van der Waals surface area contributed by atoms with Crippen molar-refractivity contribution in [3.05, 3.63) is 29.3 Å². The van der Waals surface area contributed by atoms with Gasteiger partial charge < -0.3 is 4.90 Å². The van der Waals surface area contributed by atoms with Crippen molar-refractivity contribution >= 4 is 21.6 Å². The number of nitrogens with zero attached hydrogens (tertiary/aromatic N) is 2. The second-order valence-corrected chi connectivity index (χ2v) is 8.67. The third-order valence-corrected chi connectivity index (χ3v) is 6.30. The van der Waals surface area contributed by atoms with Gasteiger partial charge in [-0.25, -0.2) is 8.42 Å². The van der Waals surface area contributed by atoms with Gasteiger partial charge in [-0.2, -0.15) is 0 Å². The van der Waals surface area contributed by atoms with E-state index in [1.165, 1.54) is 23.4 Å². The zero-order valence-electron chi connectivity index (χ0n) is 13.9. The molecule has 1 unspecified atom stereocenters. The minimum atomic E-state index is -3.29. The molecule has 5 nitrogen and oxygen atoms in total. The van der Waals surface area contributed by atoms with E-state index >= 15 is 0 Å². The highest BCUT2D eigenvalue weighted by molar-refractivity contribution is 7.92. The second kappa shape index (κ2) is 5.82. The van der Waals surface area contributed by atoms with Gasteiger partial charge in [-0.3, -0.25) is 9.10 Å². The van der Waals surface area contributed by atoms with Gasteiger partial charge in [-0.05, 0) is 49.9 Å². The van der Waals surface area contributed by atoms with Crippen LogP contribution in [0.5, 0.6) is 0 Å². The number of hydrogen-bond donors (Lipinski definition) is 0. The zero-order chi connectivity index (χ0) is 16.8. The SMILES string of the molecule is CC1Cc2cc(C(=O)N(C)C3CCCC3)ccc2N1S(C)(=O)=O. The van der Waals surface area contributed by atoms with E-state index in [4.69, 9.17) is 0 Å². The molecule has 0 saturated heterocycles. The third-order valence-electron chi connectivity index (χ3n) is 5.03. The molecule has 126 valence electrons. The molecule has 1 fully saturated rings. The van der Waals surface area contributed by atoms with Gasteiger partial charge in [0.15, 0.2) is 0 Å². The lowest BCUT2D eigenvalue weighted by molar-refractivity contribution is 0.0735. The summed E-state index contributed by atoms with van der Waals surface area (Å²) >= 11 is 0. The molecule has 1 heterocycles. The summed E-state index contributed by atoms with van der Waals surface area (Å²) in [5, 5.41) is 0. The molecule has 3 rings (SSSR count). The summed E-state index contributed by atoms with van der Waals surface area (Å²) in [7, 11) is -1.42. The predicted molar refractivity (Wildman–Crippen MR) is 91.3 cm³/mol. The number of carbonyl (C=O) groups is 1. The standard InChI is InChI=1S/C17H24N2O3S/c1-12-10-14-11-13(8-9-16(14)19(12)23(3,21)22)17(20)18(2)15-6-4-5-7-15/h8-9,11-12,15H,4-7,10H2,1-3H3. The molecule has 1 amide bonds. The Morgan fingerprint density at radius 1 is 1.26 bits per heavy atom. The maximum atomic E-state index is 12.7. The lowest BCUT2D eigenvalue weighted by atomic mass is 10.1. The summed E-state index contributed by atoms with van der Waals surface area (Å²) in [4.78, 5) is 14.5. The smallest absolute Gasteiger partial charge is 0.253 e. The molecule has 0 bridgehead atoms. The van der Waals surface area contributed by atoms with Crippen LogP contribution in [0.4, 0.5) is 5.69 Å².